The van der Waals surface area contributed by atoms with Gasteiger partial charge in [-0.25, -0.2) is 4.79 Å². The van der Waals surface area contributed by atoms with Gasteiger partial charge in [0.2, 0.25) is 0 Å². The number of benzene rings is 1. The molecule has 1 saturated heterocycles. The Morgan fingerprint density at radius 2 is 1.86 bits per heavy atom. The number of aryl methyl sites for hydroxylation is 1. The van der Waals surface area contributed by atoms with Gasteiger partial charge in [-0.05, 0) is 44.4 Å². The molecule has 1 aromatic rings. The van der Waals surface area contributed by atoms with E-state index in [1.165, 1.54) is 16.8 Å². The minimum absolute atomic E-state index is 0.217. The van der Waals surface area contributed by atoms with E-state index in [-0.39, 0.29) is 30.6 Å². The number of rotatable bonds is 1. The molecule has 2 heterocycles. The highest BCUT2D eigenvalue weighted by molar-refractivity contribution is 5.99. The minimum atomic E-state index is -4.62. The molecule has 0 radical (unpaired) electrons. The third kappa shape index (κ3) is 3.56. The second-order valence-corrected chi connectivity index (χ2v) is 8.43. The number of nitrogens with zero attached hydrogens (tertiary/aromatic N) is 2. The molecule has 2 atom stereocenters. The monoisotopic (exact) mass is 398 g/mol. The average molecular weight is 398 g/mol. The summed E-state index contributed by atoms with van der Waals surface area (Å²) in [4.78, 5) is 28.1. The molecule has 1 fully saturated rings. The van der Waals surface area contributed by atoms with Crippen molar-refractivity contribution in [2.24, 2.45) is 0 Å². The van der Waals surface area contributed by atoms with Crippen LogP contribution in [0.3, 0.4) is 0 Å². The number of halogens is 3. The molecule has 0 bridgehead atoms. The van der Waals surface area contributed by atoms with Crippen molar-refractivity contribution >= 4 is 12.0 Å². The highest BCUT2D eigenvalue weighted by Gasteiger charge is 2.49. The number of hydrogen-bond donors (Lipinski definition) is 0. The van der Waals surface area contributed by atoms with E-state index < -0.39 is 29.3 Å². The number of carbonyl (C=O) groups is 2. The molecule has 28 heavy (non-hydrogen) atoms. The molecule has 0 saturated carbocycles. The van der Waals surface area contributed by atoms with E-state index in [9.17, 15) is 22.8 Å². The van der Waals surface area contributed by atoms with Crippen LogP contribution in [0.2, 0.25) is 0 Å². The zero-order chi connectivity index (χ0) is 21.0. The number of hydrogen-bond acceptors (Lipinski definition) is 3. The lowest BCUT2D eigenvalue weighted by atomic mass is 9.81. The van der Waals surface area contributed by atoms with Gasteiger partial charge in [-0.3, -0.25) is 4.79 Å². The first-order valence-corrected chi connectivity index (χ1v) is 9.32. The SMILES string of the molecule is CCc1cc2c(c(C(F)(F)F)c1)C(=O)N(C)[C@H]1CN(C(=O)OC(C)(C)C)C[C@H]21. The van der Waals surface area contributed by atoms with Crippen LogP contribution in [0, 0.1) is 0 Å². The van der Waals surface area contributed by atoms with Crippen LogP contribution in [0.4, 0.5) is 18.0 Å². The molecule has 0 aliphatic carbocycles. The fourth-order valence-corrected chi connectivity index (χ4v) is 3.97. The number of carbonyl (C=O) groups excluding carboxylic acids is 2. The first kappa shape index (κ1) is 20.5. The molecule has 2 amide bonds. The van der Waals surface area contributed by atoms with Crippen molar-refractivity contribution in [3.63, 3.8) is 0 Å². The Kier molecular flexibility index (Phi) is 4.88. The molecular formula is C20H25F3N2O3. The van der Waals surface area contributed by atoms with Crippen LogP contribution < -0.4 is 0 Å². The van der Waals surface area contributed by atoms with E-state index in [1.807, 2.05) is 0 Å². The van der Waals surface area contributed by atoms with Crippen LogP contribution >= 0.6 is 0 Å². The molecule has 0 unspecified atom stereocenters. The van der Waals surface area contributed by atoms with Crippen LogP contribution in [-0.2, 0) is 17.3 Å². The van der Waals surface area contributed by atoms with Crippen molar-refractivity contribution in [2.75, 3.05) is 20.1 Å². The Labute approximate surface area is 162 Å². The van der Waals surface area contributed by atoms with E-state index in [0.717, 1.165) is 6.07 Å². The van der Waals surface area contributed by atoms with Gasteiger partial charge in [0.25, 0.3) is 5.91 Å². The molecule has 0 aromatic heterocycles. The van der Waals surface area contributed by atoms with E-state index in [4.69, 9.17) is 4.74 Å². The van der Waals surface area contributed by atoms with E-state index in [1.54, 1.807) is 33.8 Å². The normalized spacial score (nSPS) is 22.2. The van der Waals surface area contributed by atoms with Gasteiger partial charge >= 0.3 is 12.3 Å². The van der Waals surface area contributed by atoms with Crippen molar-refractivity contribution in [3.8, 4) is 0 Å². The number of ether oxygens (including phenoxy) is 1. The van der Waals surface area contributed by atoms with E-state index in [2.05, 4.69) is 0 Å². The van der Waals surface area contributed by atoms with Crippen LogP contribution in [0.25, 0.3) is 0 Å². The van der Waals surface area contributed by atoms with Crippen molar-refractivity contribution in [2.45, 2.75) is 57.9 Å². The molecule has 2 aliphatic heterocycles. The topological polar surface area (TPSA) is 49.9 Å². The molecule has 2 aliphatic rings. The maximum Gasteiger partial charge on any atom is 0.417 e. The van der Waals surface area contributed by atoms with Crippen molar-refractivity contribution in [3.05, 3.63) is 34.4 Å². The third-order valence-electron chi connectivity index (χ3n) is 5.31. The Bertz CT molecular complexity index is 814. The standard InChI is InChI=1S/C20H25F3N2O3/c1-6-11-7-12-13-9-25(18(27)28-19(2,3)4)10-15(13)24(5)17(26)16(12)14(8-11)20(21,22)23/h7-8,13,15H,6,9-10H2,1-5H3/t13-,15+/m1/s1. The predicted octanol–water partition coefficient (Wildman–Crippen LogP) is 4.06. The number of fused-ring (bicyclic) bond motifs is 3. The van der Waals surface area contributed by atoms with Crippen LogP contribution in [-0.4, -0.2) is 53.6 Å². The summed E-state index contributed by atoms with van der Waals surface area (Å²) >= 11 is 0. The highest BCUT2D eigenvalue weighted by Crippen LogP contribution is 2.44. The largest absolute Gasteiger partial charge is 0.444 e. The summed E-state index contributed by atoms with van der Waals surface area (Å²) in [5.74, 6) is -1.03. The molecule has 1 aromatic carbocycles. The Morgan fingerprint density at radius 1 is 1.21 bits per heavy atom. The van der Waals surface area contributed by atoms with Crippen LogP contribution in [0.15, 0.2) is 12.1 Å². The summed E-state index contributed by atoms with van der Waals surface area (Å²) in [7, 11) is 1.50. The summed E-state index contributed by atoms with van der Waals surface area (Å²) < 4.78 is 46.4. The Balaban J connectivity index is 2.05. The summed E-state index contributed by atoms with van der Waals surface area (Å²) in [6, 6.07) is 2.37. The number of amides is 2. The smallest absolute Gasteiger partial charge is 0.417 e. The first-order valence-electron chi connectivity index (χ1n) is 9.32. The summed E-state index contributed by atoms with van der Waals surface area (Å²) in [5, 5.41) is 0. The third-order valence-corrected chi connectivity index (χ3v) is 5.31. The van der Waals surface area contributed by atoms with Crippen molar-refractivity contribution in [1.82, 2.24) is 9.80 Å². The molecule has 3 rings (SSSR count). The lowest BCUT2D eigenvalue weighted by Crippen LogP contribution is -2.47. The molecule has 0 spiro atoms. The fraction of sp³-hybridized carbons (Fsp3) is 0.600. The number of likely N-dealkylation sites (tertiary alicyclic amines) is 1. The molecule has 154 valence electrons. The van der Waals surface area contributed by atoms with E-state index in [0.29, 0.717) is 17.5 Å². The van der Waals surface area contributed by atoms with E-state index >= 15 is 0 Å². The molecule has 5 nitrogen and oxygen atoms in total. The fourth-order valence-electron chi connectivity index (χ4n) is 3.97. The van der Waals surface area contributed by atoms with Gasteiger partial charge < -0.3 is 14.5 Å². The molecule has 0 N–H and O–H groups in total. The Morgan fingerprint density at radius 3 is 2.39 bits per heavy atom. The van der Waals surface area contributed by atoms with Crippen LogP contribution in [0.5, 0.6) is 0 Å². The second kappa shape index (κ2) is 6.67. The van der Waals surface area contributed by atoms with Gasteiger partial charge in [-0.1, -0.05) is 13.0 Å². The lowest BCUT2D eigenvalue weighted by molar-refractivity contribution is -0.138. The maximum atomic E-state index is 13.7. The van der Waals surface area contributed by atoms with Gasteiger partial charge in [0, 0.05) is 26.1 Å². The zero-order valence-corrected chi connectivity index (χ0v) is 16.7. The first-order chi connectivity index (χ1) is 12.8. The zero-order valence-electron chi connectivity index (χ0n) is 16.7. The second-order valence-electron chi connectivity index (χ2n) is 8.43. The number of alkyl halides is 3. The van der Waals surface area contributed by atoms with Gasteiger partial charge in [0.05, 0.1) is 17.2 Å². The average Bonchev–Trinajstić information content (AvgIpc) is 3.02. The molecule has 8 heteroatoms. The minimum Gasteiger partial charge on any atom is -0.444 e. The number of likely N-dealkylation sites (N-methyl/N-ethyl adjacent to an activating group) is 1. The van der Waals surface area contributed by atoms with Gasteiger partial charge in [-0.15, -0.1) is 0 Å². The van der Waals surface area contributed by atoms with Gasteiger partial charge in [0.1, 0.15) is 5.60 Å². The van der Waals surface area contributed by atoms with Crippen LogP contribution in [0.1, 0.15) is 60.7 Å². The predicted molar refractivity (Wildman–Crippen MR) is 97.3 cm³/mol. The highest BCUT2D eigenvalue weighted by atomic mass is 19.4. The Hall–Kier alpha value is -2.25. The summed E-state index contributed by atoms with van der Waals surface area (Å²) in [5.41, 5.74) is -0.959. The molecular weight excluding hydrogens is 373 g/mol. The summed E-state index contributed by atoms with van der Waals surface area (Å²) in [6.45, 7) is 7.48. The lowest BCUT2D eigenvalue weighted by Gasteiger charge is -2.36. The van der Waals surface area contributed by atoms with Gasteiger partial charge in [0.15, 0.2) is 0 Å². The van der Waals surface area contributed by atoms with Crippen molar-refractivity contribution in [1.29, 1.82) is 0 Å². The van der Waals surface area contributed by atoms with Crippen molar-refractivity contribution < 1.29 is 27.5 Å². The maximum absolute atomic E-state index is 13.7. The van der Waals surface area contributed by atoms with Gasteiger partial charge in [-0.2, -0.15) is 13.2 Å². The quantitative estimate of drug-likeness (QED) is 0.717. The summed E-state index contributed by atoms with van der Waals surface area (Å²) in [6.07, 6.45) is -4.72.